The lowest BCUT2D eigenvalue weighted by Crippen LogP contribution is -2.44. The van der Waals surface area contributed by atoms with E-state index >= 15 is 0 Å². The van der Waals surface area contributed by atoms with Crippen LogP contribution < -0.4 is 21.3 Å². The average molecular weight is 433 g/mol. The molecular formula is C23H33ClN4O2. The molecule has 7 heteroatoms. The topological polar surface area (TPSA) is 79.6 Å². The third-order valence-electron chi connectivity index (χ3n) is 4.61. The van der Waals surface area contributed by atoms with E-state index in [0.29, 0.717) is 13.0 Å². The van der Waals surface area contributed by atoms with Crippen molar-refractivity contribution in [2.75, 3.05) is 36.4 Å². The number of carbonyl (C=O) groups excluding carboxylic acids is 1. The Bertz CT molecular complexity index is 785. The zero-order valence-electron chi connectivity index (χ0n) is 18.1. The first kappa shape index (κ1) is 24.0. The fourth-order valence-electron chi connectivity index (χ4n) is 3.10. The molecule has 0 bridgehead atoms. The van der Waals surface area contributed by atoms with Crippen LogP contribution in [0.15, 0.2) is 42.5 Å². The van der Waals surface area contributed by atoms with Crippen molar-refractivity contribution >= 4 is 29.4 Å². The minimum atomic E-state index is -0.318. The Hall–Kier alpha value is -2.28. The highest BCUT2D eigenvalue weighted by atomic mass is 35.5. The maximum absolute atomic E-state index is 9.60. The van der Waals surface area contributed by atoms with Gasteiger partial charge in [0.15, 0.2) is 0 Å². The van der Waals surface area contributed by atoms with Crippen LogP contribution in [-0.4, -0.2) is 38.3 Å². The smallest absolute Gasteiger partial charge is 0.293 e. The molecule has 2 aromatic carbocycles. The van der Waals surface area contributed by atoms with E-state index in [1.54, 1.807) is 0 Å². The SMILES string of the molecule is CC(C)(C)OC=O.NCc1c(NCc2ccc(Cl)cc2)cccc1N1CCNCC1. The molecule has 1 fully saturated rings. The Morgan fingerprint density at radius 3 is 2.37 bits per heavy atom. The van der Waals surface area contributed by atoms with Crippen molar-refractivity contribution < 1.29 is 9.53 Å². The molecule has 6 nitrogen and oxygen atoms in total. The molecule has 2 aromatic rings. The van der Waals surface area contributed by atoms with Gasteiger partial charge in [0.2, 0.25) is 0 Å². The molecule has 0 atom stereocenters. The maximum Gasteiger partial charge on any atom is 0.293 e. The highest BCUT2D eigenvalue weighted by Crippen LogP contribution is 2.28. The molecule has 0 amide bonds. The molecule has 0 radical (unpaired) electrons. The van der Waals surface area contributed by atoms with Crippen LogP contribution in [0.3, 0.4) is 0 Å². The molecular weight excluding hydrogens is 400 g/mol. The number of benzene rings is 2. The van der Waals surface area contributed by atoms with Gasteiger partial charge in [-0.2, -0.15) is 0 Å². The third kappa shape index (κ3) is 7.86. The normalized spacial score (nSPS) is 13.8. The van der Waals surface area contributed by atoms with Crippen LogP contribution in [0.2, 0.25) is 5.02 Å². The molecule has 0 spiro atoms. The molecule has 0 aliphatic carbocycles. The molecule has 3 rings (SSSR count). The Labute approximate surface area is 184 Å². The summed E-state index contributed by atoms with van der Waals surface area (Å²) in [6.45, 7) is 11.3. The van der Waals surface area contributed by atoms with Gasteiger partial charge in [-0.3, -0.25) is 4.79 Å². The summed E-state index contributed by atoms with van der Waals surface area (Å²) in [6.07, 6.45) is 0. The Morgan fingerprint density at radius 2 is 1.83 bits per heavy atom. The second-order valence-electron chi connectivity index (χ2n) is 8.05. The van der Waals surface area contributed by atoms with E-state index in [1.807, 2.05) is 45.0 Å². The molecule has 4 N–H and O–H groups in total. The van der Waals surface area contributed by atoms with E-state index in [1.165, 1.54) is 16.8 Å². The zero-order valence-corrected chi connectivity index (χ0v) is 18.8. The lowest BCUT2D eigenvalue weighted by molar-refractivity contribution is -0.138. The minimum Gasteiger partial charge on any atom is -0.462 e. The standard InChI is InChI=1S/C18H23ClN4.C5H10O2/c19-15-6-4-14(5-7-15)13-22-17-2-1-3-18(16(17)12-20)23-10-8-21-9-11-23;1-5(2,3)7-4-6/h1-7,21-22H,8-13,20H2;4H,1-3H3. The fraction of sp³-hybridized carbons (Fsp3) is 0.435. The van der Waals surface area contributed by atoms with Crippen LogP contribution in [0, 0.1) is 0 Å². The van der Waals surface area contributed by atoms with Gasteiger partial charge < -0.3 is 26.0 Å². The highest BCUT2D eigenvalue weighted by Gasteiger charge is 2.15. The van der Waals surface area contributed by atoms with E-state index in [0.717, 1.165) is 43.4 Å². The minimum absolute atomic E-state index is 0.318. The van der Waals surface area contributed by atoms with Crippen LogP contribution in [0.4, 0.5) is 11.4 Å². The first-order valence-corrected chi connectivity index (χ1v) is 10.6. The maximum atomic E-state index is 9.60. The van der Waals surface area contributed by atoms with Crippen LogP contribution in [-0.2, 0) is 22.6 Å². The zero-order chi connectivity index (χ0) is 22.0. The number of halogens is 1. The van der Waals surface area contributed by atoms with Crippen molar-refractivity contribution in [2.24, 2.45) is 5.73 Å². The molecule has 0 saturated carbocycles. The van der Waals surface area contributed by atoms with E-state index in [4.69, 9.17) is 17.3 Å². The molecule has 1 aliphatic heterocycles. The molecule has 0 unspecified atom stereocenters. The van der Waals surface area contributed by atoms with Crippen molar-refractivity contribution in [3.8, 4) is 0 Å². The quantitative estimate of drug-likeness (QED) is 0.603. The van der Waals surface area contributed by atoms with Crippen LogP contribution in [0.1, 0.15) is 31.9 Å². The molecule has 1 saturated heterocycles. The number of piperazine rings is 1. The van der Waals surface area contributed by atoms with E-state index in [2.05, 4.69) is 38.5 Å². The van der Waals surface area contributed by atoms with Crippen LogP contribution in [0.5, 0.6) is 0 Å². The molecule has 1 aliphatic rings. The first-order valence-electron chi connectivity index (χ1n) is 10.2. The predicted molar refractivity (Wildman–Crippen MR) is 125 cm³/mol. The number of hydrogen-bond donors (Lipinski definition) is 3. The number of ether oxygens (including phenoxy) is 1. The molecule has 164 valence electrons. The van der Waals surface area contributed by atoms with Crippen LogP contribution in [0.25, 0.3) is 0 Å². The summed E-state index contributed by atoms with van der Waals surface area (Å²) in [5.41, 5.74) is 10.5. The number of nitrogens with zero attached hydrogens (tertiary/aromatic N) is 1. The number of rotatable bonds is 6. The second-order valence-corrected chi connectivity index (χ2v) is 8.49. The van der Waals surface area contributed by atoms with E-state index in [-0.39, 0.29) is 5.60 Å². The number of anilines is 2. The van der Waals surface area contributed by atoms with Gasteiger partial charge in [0.25, 0.3) is 6.47 Å². The predicted octanol–water partition coefficient (Wildman–Crippen LogP) is 3.78. The van der Waals surface area contributed by atoms with Gasteiger partial charge in [-0.25, -0.2) is 0 Å². The number of hydrogen-bond acceptors (Lipinski definition) is 6. The Morgan fingerprint density at radius 1 is 1.17 bits per heavy atom. The molecule has 1 heterocycles. The van der Waals surface area contributed by atoms with Gasteiger partial charge in [0.05, 0.1) is 0 Å². The lowest BCUT2D eigenvalue weighted by Gasteiger charge is -2.31. The van der Waals surface area contributed by atoms with Crippen molar-refractivity contribution in [1.82, 2.24) is 5.32 Å². The summed E-state index contributed by atoms with van der Waals surface area (Å²) in [4.78, 5) is 12.0. The van der Waals surface area contributed by atoms with E-state index in [9.17, 15) is 4.79 Å². The first-order chi connectivity index (χ1) is 14.3. The highest BCUT2D eigenvalue weighted by molar-refractivity contribution is 6.30. The Balaban J connectivity index is 0.000000396. The summed E-state index contributed by atoms with van der Waals surface area (Å²) < 4.78 is 4.55. The van der Waals surface area contributed by atoms with Crippen molar-refractivity contribution in [1.29, 1.82) is 0 Å². The van der Waals surface area contributed by atoms with Gasteiger partial charge in [0, 0.05) is 61.2 Å². The van der Waals surface area contributed by atoms with Crippen molar-refractivity contribution in [3.63, 3.8) is 0 Å². The van der Waals surface area contributed by atoms with Gasteiger partial charge >= 0.3 is 0 Å². The largest absolute Gasteiger partial charge is 0.462 e. The number of carbonyl (C=O) groups is 1. The van der Waals surface area contributed by atoms with Crippen molar-refractivity contribution in [3.05, 3.63) is 58.6 Å². The van der Waals surface area contributed by atoms with E-state index < -0.39 is 0 Å². The second kappa shape index (κ2) is 11.8. The summed E-state index contributed by atoms with van der Waals surface area (Å²) in [7, 11) is 0. The summed E-state index contributed by atoms with van der Waals surface area (Å²) in [5.74, 6) is 0. The van der Waals surface area contributed by atoms with Crippen LogP contribution >= 0.6 is 11.6 Å². The molecule has 0 aromatic heterocycles. The van der Waals surface area contributed by atoms with Gasteiger partial charge in [-0.1, -0.05) is 29.8 Å². The third-order valence-corrected chi connectivity index (χ3v) is 4.86. The van der Waals surface area contributed by atoms with Gasteiger partial charge in [-0.15, -0.1) is 0 Å². The lowest BCUT2D eigenvalue weighted by atomic mass is 10.1. The fourth-order valence-corrected chi connectivity index (χ4v) is 3.23. The monoisotopic (exact) mass is 432 g/mol. The van der Waals surface area contributed by atoms with Crippen molar-refractivity contribution in [2.45, 2.75) is 39.5 Å². The Kier molecular flexibility index (Phi) is 9.43. The molecule has 30 heavy (non-hydrogen) atoms. The summed E-state index contributed by atoms with van der Waals surface area (Å²) in [5, 5.41) is 7.66. The van der Waals surface area contributed by atoms with Gasteiger partial charge in [-0.05, 0) is 50.6 Å². The number of nitrogens with one attached hydrogen (secondary N) is 2. The summed E-state index contributed by atoms with van der Waals surface area (Å²) >= 11 is 5.94. The average Bonchev–Trinajstić information content (AvgIpc) is 2.73. The number of nitrogens with two attached hydrogens (primary N) is 1. The van der Waals surface area contributed by atoms with Gasteiger partial charge in [0.1, 0.15) is 5.60 Å². The summed E-state index contributed by atoms with van der Waals surface area (Å²) in [6, 6.07) is 14.3.